The zero-order valence-electron chi connectivity index (χ0n) is 7.62. The van der Waals surface area contributed by atoms with Gasteiger partial charge in [0.15, 0.2) is 0 Å². The minimum Gasteiger partial charge on any atom is -0.478 e. The molecule has 1 aliphatic rings. The summed E-state index contributed by atoms with van der Waals surface area (Å²) in [6.45, 7) is 2.58. The number of carbonyl (C=O) groups is 2. The highest BCUT2D eigenvalue weighted by molar-refractivity contribution is 5.86. The van der Waals surface area contributed by atoms with E-state index in [2.05, 4.69) is 0 Å². The van der Waals surface area contributed by atoms with Crippen molar-refractivity contribution in [3.05, 3.63) is 11.6 Å². The Hall–Kier alpha value is -1.32. The van der Waals surface area contributed by atoms with Crippen molar-refractivity contribution in [1.29, 1.82) is 0 Å². The number of nitrogens with zero attached hydrogens (tertiary/aromatic N) is 1. The summed E-state index contributed by atoms with van der Waals surface area (Å²) in [6.07, 6.45) is 2.91. The molecule has 0 spiro atoms. The normalized spacial score (nSPS) is 17.6. The summed E-state index contributed by atoms with van der Waals surface area (Å²) in [7, 11) is 0. The second-order valence-electron chi connectivity index (χ2n) is 3.10. The van der Waals surface area contributed by atoms with E-state index in [1.807, 2.05) is 0 Å². The van der Waals surface area contributed by atoms with Crippen molar-refractivity contribution >= 4 is 11.9 Å². The van der Waals surface area contributed by atoms with Crippen LogP contribution in [0.15, 0.2) is 11.6 Å². The third-order valence-corrected chi connectivity index (χ3v) is 2.15. The monoisotopic (exact) mass is 183 g/mol. The molecule has 72 valence electrons. The summed E-state index contributed by atoms with van der Waals surface area (Å²) in [5.41, 5.74) is 0.420. The molecule has 0 saturated carbocycles. The molecule has 0 aromatic carbocycles. The number of carboxylic acids is 1. The van der Waals surface area contributed by atoms with Gasteiger partial charge in [0.25, 0.3) is 0 Å². The van der Waals surface area contributed by atoms with Crippen LogP contribution in [0.1, 0.15) is 19.8 Å². The van der Waals surface area contributed by atoms with Gasteiger partial charge in [0.05, 0.1) is 0 Å². The molecule has 0 aromatic heterocycles. The molecule has 13 heavy (non-hydrogen) atoms. The number of carbonyl (C=O) groups excluding carboxylic acids is 1. The average molecular weight is 183 g/mol. The fourth-order valence-corrected chi connectivity index (χ4v) is 1.35. The number of amides is 1. The van der Waals surface area contributed by atoms with Crippen LogP contribution in [0.5, 0.6) is 0 Å². The van der Waals surface area contributed by atoms with Crippen molar-refractivity contribution in [2.75, 3.05) is 13.1 Å². The van der Waals surface area contributed by atoms with Gasteiger partial charge in [-0.15, -0.1) is 0 Å². The number of carboxylic acid groups (broad SMARTS) is 1. The van der Waals surface area contributed by atoms with Crippen LogP contribution in [0, 0.1) is 0 Å². The Morgan fingerprint density at radius 3 is 2.77 bits per heavy atom. The van der Waals surface area contributed by atoms with E-state index >= 15 is 0 Å². The van der Waals surface area contributed by atoms with Gasteiger partial charge in [0.1, 0.15) is 0 Å². The zero-order valence-corrected chi connectivity index (χ0v) is 7.62. The first-order valence-corrected chi connectivity index (χ1v) is 4.29. The molecule has 1 aliphatic heterocycles. The van der Waals surface area contributed by atoms with E-state index in [1.54, 1.807) is 11.0 Å². The highest BCUT2D eigenvalue weighted by atomic mass is 16.4. The average Bonchev–Trinajstić information content (AvgIpc) is 2.27. The molecule has 0 aliphatic carbocycles. The largest absolute Gasteiger partial charge is 0.478 e. The van der Waals surface area contributed by atoms with E-state index in [4.69, 9.17) is 5.11 Å². The van der Waals surface area contributed by atoms with Gasteiger partial charge < -0.3 is 10.0 Å². The number of aliphatic carboxylic acids is 1. The Morgan fingerprint density at radius 2 is 2.23 bits per heavy atom. The lowest BCUT2D eigenvalue weighted by Crippen LogP contribution is -2.28. The van der Waals surface area contributed by atoms with Crippen molar-refractivity contribution in [2.45, 2.75) is 19.8 Å². The molecule has 1 N–H and O–H groups in total. The van der Waals surface area contributed by atoms with Crippen LogP contribution < -0.4 is 0 Å². The molecular weight excluding hydrogens is 170 g/mol. The summed E-state index contributed by atoms with van der Waals surface area (Å²) in [5.74, 6) is -0.867. The Morgan fingerprint density at radius 1 is 1.54 bits per heavy atom. The molecule has 4 nitrogen and oxygen atoms in total. The lowest BCUT2D eigenvalue weighted by atomic mass is 10.1. The molecule has 0 atom stereocenters. The molecule has 0 unspecified atom stereocenters. The van der Waals surface area contributed by atoms with E-state index in [0.29, 0.717) is 25.1 Å². The minimum absolute atomic E-state index is 0.00267. The van der Waals surface area contributed by atoms with Gasteiger partial charge in [-0.2, -0.15) is 0 Å². The predicted molar refractivity (Wildman–Crippen MR) is 47.2 cm³/mol. The summed E-state index contributed by atoms with van der Waals surface area (Å²) in [5, 5.41) is 8.72. The predicted octanol–water partition coefficient (Wildman–Crippen LogP) is 0.640. The summed E-state index contributed by atoms with van der Waals surface area (Å²) >= 11 is 0. The van der Waals surface area contributed by atoms with E-state index in [9.17, 15) is 9.59 Å². The third-order valence-electron chi connectivity index (χ3n) is 2.15. The second kappa shape index (κ2) is 4.07. The second-order valence-corrected chi connectivity index (χ2v) is 3.10. The smallest absolute Gasteiger partial charge is 0.331 e. The van der Waals surface area contributed by atoms with Crippen molar-refractivity contribution in [3.8, 4) is 0 Å². The molecule has 4 heteroatoms. The Bertz CT molecular complexity index is 258. The summed E-state index contributed by atoms with van der Waals surface area (Å²) < 4.78 is 0. The molecule has 0 radical (unpaired) electrons. The molecule has 1 rings (SSSR count). The van der Waals surface area contributed by atoms with Crippen LogP contribution in [-0.2, 0) is 9.59 Å². The van der Waals surface area contributed by atoms with E-state index < -0.39 is 5.97 Å². The standard InChI is InChI=1S/C9H13NO3/c1-7(11)10-5-2-3-8(4-6-10)9(12)13/h4H,2-3,5-6H2,1H3,(H,12,13). The number of hydrogen-bond donors (Lipinski definition) is 1. The zero-order chi connectivity index (χ0) is 9.84. The van der Waals surface area contributed by atoms with E-state index in [0.717, 1.165) is 6.42 Å². The van der Waals surface area contributed by atoms with Gasteiger partial charge in [0, 0.05) is 25.6 Å². The van der Waals surface area contributed by atoms with Gasteiger partial charge in [-0.1, -0.05) is 6.08 Å². The fourth-order valence-electron chi connectivity index (χ4n) is 1.35. The minimum atomic E-state index is -0.870. The van der Waals surface area contributed by atoms with Gasteiger partial charge in [-0.3, -0.25) is 4.79 Å². The number of hydrogen-bond acceptors (Lipinski definition) is 2. The van der Waals surface area contributed by atoms with Gasteiger partial charge >= 0.3 is 5.97 Å². The van der Waals surface area contributed by atoms with Crippen LogP contribution >= 0.6 is 0 Å². The SMILES string of the molecule is CC(=O)N1CC=C(C(=O)O)CCC1. The van der Waals surface area contributed by atoms with Crippen LogP contribution in [0.2, 0.25) is 0 Å². The van der Waals surface area contributed by atoms with E-state index in [1.165, 1.54) is 6.92 Å². The van der Waals surface area contributed by atoms with E-state index in [-0.39, 0.29) is 5.91 Å². The number of rotatable bonds is 1. The Labute approximate surface area is 76.8 Å². The first-order valence-electron chi connectivity index (χ1n) is 4.29. The molecule has 0 aromatic rings. The maximum absolute atomic E-state index is 11.0. The molecular formula is C9H13NO3. The van der Waals surface area contributed by atoms with Gasteiger partial charge in [-0.25, -0.2) is 4.79 Å². The van der Waals surface area contributed by atoms with Crippen molar-refractivity contribution in [1.82, 2.24) is 4.90 Å². The van der Waals surface area contributed by atoms with Crippen molar-refractivity contribution < 1.29 is 14.7 Å². The highest BCUT2D eigenvalue weighted by Crippen LogP contribution is 2.11. The quantitative estimate of drug-likeness (QED) is 0.649. The molecule has 0 bridgehead atoms. The van der Waals surface area contributed by atoms with Crippen LogP contribution in [0.3, 0.4) is 0 Å². The van der Waals surface area contributed by atoms with Crippen LogP contribution in [-0.4, -0.2) is 35.0 Å². The Balaban J connectivity index is 2.65. The maximum atomic E-state index is 11.0. The topological polar surface area (TPSA) is 57.6 Å². The van der Waals surface area contributed by atoms with Crippen molar-refractivity contribution in [3.63, 3.8) is 0 Å². The van der Waals surface area contributed by atoms with Crippen LogP contribution in [0.4, 0.5) is 0 Å². The lowest BCUT2D eigenvalue weighted by molar-refractivity contribution is -0.133. The first kappa shape index (κ1) is 9.77. The molecule has 1 heterocycles. The van der Waals surface area contributed by atoms with Gasteiger partial charge in [-0.05, 0) is 12.8 Å². The molecule has 0 saturated heterocycles. The first-order chi connectivity index (χ1) is 6.11. The highest BCUT2D eigenvalue weighted by Gasteiger charge is 2.14. The van der Waals surface area contributed by atoms with Crippen LogP contribution in [0.25, 0.3) is 0 Å². The van der Waals surface area contributed by atoms with Gasteiger partial charge in [0.2, 0.25) is 5.91 Å². The van der Waals surface area contributed by atoms with Crippen molar-refractivity contribution in [2.24, 2.45) is 0 Å². The molecule has 0 fully saturated rings. The third kappa shape index (κ3) is 2.57. The summed E-state index contributed by atoms with van der Waals surface area (Å²) in [4.78, 5) is 23.2. The molecule has 1 amide bonds. The Kier molecular flexibility index (Phi) is 3.06. The fraction of sp³-hybridized carbons (Fsp3) is 0.556. The summed E-state index contributed by atoms with van der Waals surface area (Å²) in [6, 6.07) is 0. The lowest BCUT2D eigenvalue weighted by Gasteiger charge is -2.16. The maximum Gasteiger partial charge on any atom is 0.331 e.